The quantitative estimate of drug-likeness (QED) is 0.490. The Labute approximate surface area is 139 Å². The zero-order valence-electron chi connectivity index (χ0n) is 11.9. The summed E-state index contributed by atoms with van der Waals surface area (Å²) < 4.78 is 7.88. The molecule has 1 rings (SSSR count). The van der Waals surface area contributed by atoms with Gasteiger partial charge >= 0.3 is 115 Å². The van der Waals surface area contributed by atoms with Gasteiger partial charge in [-0.05, 0) is 0 Å². The van der Waals surface area contributed by atoms with E-state index in [1.54, 1.807) is 3.88 Å². The first-order chi connectivity index (χ1) is 7.29. The standard InChI is InChI=1S/C12H23OSi2.2ClH.Ti/c1-14(2)12(13-15(3,4)5)10-11-8-6-7-9-11;;;/h6,8,12,14H,7,10H2,1-5H3;2*1H;/q;;;+2/p-2. The Balaban J connectivity index is 0. The van der Waals surface area contributed by atoms with E-state index in [1.165, 1.54) is 5.57 Å². The summed E-state index contributed by atoms with van der Waals surface area (Å²) in [5, 5.41) is 0. The number of rotatable bonds is 5. The number of allylic oxidation sites excluding steroid dienone is 3. The molecule has 0 heterocycles. The second-order valence-electron chi connectivity index (χ2n) is 5.83. The van der Waals surface area contributed by atoms with E-state index in [-0.39, 0.29) is 24.8 Å². The van der Waals surface area contributed by atoms with E-state index in [1.807, 2.05) is 0 Å². The third kappa shape index (κ3) is 7.68. The largest absolute Gasteiger partial charge is 1.00 e. The molecule has 1 nitrogen and oxygen atoms in total. The van der Waals surface area contributed by atoms with Crippen LogP contribution in [-0.2, 0) is 24.9 Å². The first kappa shape index (κ1) is 21.5. The monoisotopic (exact) mass is 357 g/mol. The molecule has 0 N–H and O–H groups in total. The molecule has 0 spiro atoms. The molecule has 1 aliphatic rings. The molecule has 0 bridgehead atoms. The molecule has 1 unspecified atom stereocenters. The average molecular weight is 358 g/mol. The van der Waals surface area contributed by atoms with Crippen molar-refractivity contribution < 1.29 is 49.7 Å². The van der Waals surface area contributed by atoms with Crippen molar-refractivity contribution in [3.05, 3.63) is 21.6 Å². The van der Waals surface area contributed by atoms with Crippen LogP contribution in [0.2, 0.25) is 32.7 Å². The fraction of sp³-hybridized carbons (Fsp3) is 0.667. The summed E-state index contributed by atoms with van der Waals surface area (Å²) in [6.07, 6.45) is 6.87. The van der Waals surface area contributed by atoms with Crippen molar-refractivity contribution in [3.8, 4) is 0 Å². The minimum atomic E-state index is -1.39. The first-order valence-corrected chi connectivity index (χ1v) is 13.2. The predicted octanol–water partition coefficient (Wildman–Crippen LogP) is -2.61. The summed E-state index contributed by atoms with van der Waals surface area (Å²) in [4.78, 5) is 0. The van der Waals surface area contributed by atoms with Crippen molar-refractivity contribution in [2.45, 2.75) is 51.3 Å². The van der Waals surface area contributed by atoms with Crippen LogP contribution < -0.4 is 24.8 Å². The van der Waals surface area contributed by atoms with Crippen LogP contribution >= 0.6 is 0 Å². The SMILES string of the molecule is C[SiH](C)C(CC1=[C]([Ti+2])CC=C1)O[Si](C)(C)C.[Cl-].[Cl-]. The first-order valence-electron chi connectivity index (χ1n) is 6.07. The minimum Gasteiger partial charge on any atom is -1.00 e. The molecule has 0 aromatic rings. The molecule has 0 amide bonds. The number of hydrogen-bond donors (Lipinski definition) is 0. The maximum absolute atomic E-state index is 6.34. The summed E-state index contributed by atoms with van der Waals surface area (Å²) in [6.45, 7) is 11.7. The summed E-state index contributed by atoms with van der Waals surface area (Å²) >= 11 is 2.25. The van der Waals surface area contributed by atoms with E-state index in [0.717, 1.165) is 12.8 Å². The van der Waals surface area contributed by atoms with E-state index in [9.17, 15) is 0 Å². The summed E-state index contributed by atoms with van der Waals surface area (Å²) in [5.41, 5.74) is 2.06. The molecule has 0 radical (unpaired) electrons. The van der Waals surface area contributed by atoms with E-state index >= 15 is 0 Å². The van der Waals surface area contributed by atoms with Gasteiger partial charge in [-0.1, -0.05) is 0 Å². The second kappa shape index (κ2) is 9.17. The van der Waals surface area contributed by atoms with Gasteiger partial charge in [-0.3, -0.25) is 0 Å². The van der Waals surface area contributed by atoms with Crippen LogP contribution in [0.4, 0.5) is 0 Å². The van der Waals surface area contributed by atoms with Gasteiger partial charge in [0.1, 0.15) is 0 Å². The normalized spacial score (nSPS) is 16.7. The van der Waals surface area contributed by atoms with Crippen LogP contribution in [-0.4, -0.2) is 22.8 Å². The van der Waals surface area contributed by atoms with E-state index in [2.05, 4.69) is 65.3 Å². The van der Waals surface area contributed by atoms with Crippen LogP contribution in [0.25, 0.3) is 0 Å². The van der Waals surface area contributed by atoms with E-state index < -0.39 is 17.1 Å². The van der Waals surface area contributed by atoms with Gasteiger partial charge in [0, 0.05) is 0 Å². The van der Waals surface area contributed by atoms with Gasteiger partial charge in [-0.25, -0.2) is 0 Å². The van der Waals surface area contributed by atoms with Crippen molar-refractivity contribution in [2.24, 2.45) is 0 Å². The van der Waals surface area contributed by atoms with E-state index in [4.69, 9.17) is 4.43 Å². The average Bonchev–Trinajstić information content (AvgIpc) is 2.48. The van der Waals surface area contributed by atoms with Crippen molar-refractivity contribution in [1.29, 1.82) is 0 Å². The Morgan fingerprint density at radius 2 is 1.89 bits per heavy atom. The van der Waals surface area contributed by atoms with Gasteiger partial charge in [0.15, 0.2) is 0 Å². The minimum absolute atomic E-state index is 0. The summed E-state index contributed by atoms with van der Waals surface area (Å²) in [7, 11) is -2.11. The third-order valence-corrected chi connectivity index (χ3v) is 6.66. The van der Waals surface area contributed by atoms with Crippen molar-refractivity contribution >= 4 is 17.1 Å². The Morgan fingerprint density at radius 1 is 1.33 bits per heavy atom. The third-order valence-electron chi connectivity index (χ3n) is 2.70. The van der Waals surface area contributed by atoms with Crippen LogP contribution in [0.15, 0.2) is 21.6 Å². The Kier molecular flexibility index (Phi) is 10.9. The number of hydrogen-bond acceptors (Lipinski definition) is 1. The summed E-state index contributed by atoms with van der Waals surface area (Å²) in [5.74, 6) is 0. The molecular formula is C12H23Cl2OSi2Ti. The van der Waals surface area contributed by atoms with Gasteiger partial charge in [-0.2, -0.15) is 0 Å². The van der Waals surface area contributed by atoms with Crippen LogP contribution in [0.3, 0.4) is 0 Å². The Bertz CT molecular complexity index is 312. The summed E-state index contributed by atoms with van der Waals surface area (Å²) in [6, 6.07) is 0. The maximum Gasteiger partial charge on any atom is -1.00 e. The molecule has 0 aliphatic heterocycles. The molecule has 103 valence electrons. The molecule has 1 aliphatic carbocycles. The van der Waals surface area contributed by atoms with E-state index in [0.29, 0.717) is 5.73 Å². The molecular weight excluding hydrogens is 335 g/mol. The van der Waals surface area contributed by atoms with Crippen molar-refractivity contribution in [3.63, 3.8) is 0 Å². The van der Waals surface area contributed by atoms with Gasteiger partial charge in [0.05, 0.1) is 0 Å². The van der Waals surface area contributed by atoms with Gasteiger partial charge < -0.3 is 24.8 Å². The fourth-order valence-corrected chi connectivity index (χ4v) is 6.33. The fourth-order valence-electron chi connectivity index (χ4n) is 1.83. The molecule has 18 heavy (non-hydrogen) atoms. The molecule has 0 fully saturated rings. The zero-order valence-corrected chi connectivity index (χ0v) is 17.1. The zero-order chi connectivity index (χ0) is 12.3. The molecule has 0 aromatic carbocycles. The topological polar surface area (TPSA) is 9.23 Å². The van der Waals surface area contributed by atoms with Gasteiger partial charge in [0.25, 0.3) is 0 Å². The second-order valence-corrected chi connectivity index (χ2v) is 14.5. The van der Waals surface area contributed by atoms with Crippen LogP contribution in [0.1, 0.15) is 12.8 Å². The van der Waals surface area contributed by atoms with Crippen LogP contribution in [0.5, 0.6) is 0 Å². The van der Waals surface area contributed by atoms with Crippen LogP contribution in [0, 0.1) is 0 Å². The predicted molar refractivity (Wildman–Crippen MR) is 72.5 cm³/mol. The molecule has 0 saturated carbocycles. The van der Waals surface area contributed by atoms with Gasteiger partial charge in [0.2, 0.25) is 0 Å². The van der Waals surface area contributed by atoms with Crippen molar-refractivity contribution in [1.82, 2.24) is 0 Å². The molecule has 6 heteroatoms. The Morgan fingerprint density at radius 3 is 2.22 bits per heavy atom. The molecule has 0 aromatic heterocycles. The molecule has 1 atom stereocenters. The smallest absolute Gasteiger partial charge is 1.00 e. The van der Waals surface area contributed by atoms with Gasteiger partial charge in [-0.15, -0.1) is 0 Å². The number of halogens is 2. The maximum atomic E-state index is 6.34. The van der Waals surface area contributed by atoms with Crippen molar-refractivity contribution in [2.75, 3.05) is 0 Å². The Hall–Kier alpha value is 1.17. The molecule has 0 saturated heterocycles.